The molecule has 0 bridgehead atoms. The van der Waals surface area contributed by atoms with Crippen molar-refractivity contribution in [3.63, 3.8) is 0 Å². The van der Waals surface area contributed by atoms with Crippen LogP contribution in [0, 0.1) is 6.92 Å². The minimum Gasteiger partial charge on any atom is -0.306 e. The third-order valence-corrected chi connectivity index (χ3v) is 3.58. The Bertz CT molecular complexity index is 522. The highest BCUT2D eigenvalue weighted by atomic mass is 35.5. The Morgan fingerprint density at radius 2 is 1.72 bits per heavy atom. The van der Waals surface area contributed by atoms with Gasteiger partial charge in [0.05, 0.1) is 0 Å². The number of nitrogens with one attached hydrogen (secondary N) is 1. The standard InChI is InChI=1S/C16H18ClN/c1-12-7-3-4-8-14(12)11-18-13(2)15-9-5-6-10-16(15)17/h3-10,13,18H,11H2,1-2H3/t13-/m0/s1. The third kappa shape index (κ3) is 3.12. The van der Waals surface area contributed by atoms with Crippen molar-refractivity contribution in [3.05, 3.63) is 70.2 Å². The van der Waals surface area contributed by atoms with Gasteiger partial charge in [0.1, 0.15) is 0 Å². The first kappa shape index (κ1) is 13.1. The zero-order valence-corrected chi connectivity index (χ0v) is 11.5. The fourth-order valence-electron chi connectivity index (χ4n) is 2.01. The van der Waals surface area contributed by atoms with Crippen LogP contribution in [0.25, 0.3) is 0 Å². The van der Waals surface area contributed by atoms with E-state index in [4.69, 9.17) is 11.6 Å². The van der Waals surface area contributed by atoms with E-state index in [2.05, 4.69) is 49.5 Å². The van der Waals surface area contributed by atoms with E-state index in [0.29, 0.717) is 0 Å². The molecule has 0 amide bonds. The van der Waals surface area contributed by atoms with Gasteiger partial charge in [0.15, 0.2) is 0 Å². The van der Waals surface area contributed by atoms with E-state index >= 15 is 0 Å². The summed E-state index contributed by atoms with van der Waals surface area (Å²) in [7, 11) is 0. The molecule has 0 saturated carbocycles. The van der Waals surface area contributed by atoms with E-state index in [-0.39, 0.29) is 6.04 Å². The Hall–Kier alpha value is -1.31. The SMILES string of the molecule is Cc1ccccc1CN[C@@H](C)c1ccccc1Cl. The molecule has 1 nitrogen and oxygen atoms in total. The number of benzene rings is 2. The van der Waals surface area contributed by atoms with Gasteiger partial charge in [-0.25, -0.2) is 0 Å². The molecule has 1 N–H and O–H groups in total. The molecule has 0 heterocycles. The molecule has 94 valence electrons. The Balaban J connectivity index is 2.03. The smallest absolute Gasteiger partial charge is 0.0453 e. The number of hydrogen-bond donors (Lipinski definition) is 1. The predicted octanol–water partition coefficient (Wildman–Crippen LogP) is 4.50. The molecule has 0 spiro atoms. The van der Waals surface area contributed by atoms with Crippen molar-refractivity contribution in [1.29, 1.82) is 0 Å². The molecule has 0 saturated heterocycles. The summed E-state index contributed by atoms with van der Waals surface area (Å²) in [5.74, 6) is 0. The molecule has 2 heteroatoms. The number of rotatable bonds is 4. The Labute approximate surface area is 114 Å². The third-order valence-electron chi connectivity index (χ3n) is 3.23. The summed E-state index contributed by atoms with van der Waals surface area (Å²) in [6.07, 6.45) is 0. The second-order valence-corrected chi connectivity index (χ2v) is 4.96. The van der Waals surface area contributed by atoms with Crippen molar-refractivity contribution in [2.24, 2.45) is 0 Å². The molecular formula is C16H18ClN. The summed E-state index contributed by atoms with van der Waals surface area (Å²) < 4.78 is 0. The average molecular weight is 260 g/mol. The van der Waals surface area contributed by atoms with Crippen molar-refractivity contribution in [2.75, 3.05) is 0 Å². The fourth-order valence-corrected chi connectivity index (χ4v) is 2.31. The maximum atomic E-state index is 6.19. The first-order chi connectivity index (χ1) is 8.68. The van der Waals surface area contributed by atoms with Crippen LogP contribution in [0.3, 0.4) is 0 Å². The van der Waals surface area contributed by atoms with E-state index in [1.54, 1.807) is 0 Å². The summed E-state index contributed by atoms with van der Waals surface area (Å²) >= 11 is 6.19. The van der Waals surface area contributed by atoms with Crippen molar-refractivity contribution in [2.45, 2.75) is 26.4 Å². The highest BCUT2D eigenvalue weighted by molar-refractivity contribution is 6.31. The lowest BCUT2D eigenvalue weighted by molar-refractivity contribution is 0.573. The first-order valence-electron chi connectivity index (χ1n) is 6.21. The summed E-state index contributed by atoms with van der Waals surface area (Å²) in [5.41, 5.74) is 3.79. The molecule has 0 unspecified atom stereocenters. The minimum absolute atomic E-state index is 0.248. The van der Waals surface area contributed by atoms with E-state index < -0.39 is 0 Å². The van der Waals surface area contributed by atoms with Gasteiger partial charge in [-0.05, 0) is 36.6 Å². The topological polar surface area (TPSA) is 12.0 Å². The van der Waals surface area contributed by atoms with E-state index in [0.717, 1.165) is 17.1 Å². The Morgan fingerprint density at radius 1 is 1.06 bits per heavy atom. The zero-order valence-electron chi connectivity index (χ0n) is 10.8. The molecule has 0 aliphatic heterocycles. The second-order valence-electron chi connectivity index (χ2n) is 4.55. The summed E-state index contributed by atoms with van der Waals surface area (Å²) in [4.78, 5) is 0. The largest absolute Gasteiger partial charge is 0.306 e. The monoisotopic (exact) mass is 259 g/mol. The molecular weight excluding hydrogens is 242 g/mol. The maximum absolute atomic E-state index is 6.19. The summed E-state index contributed by atoms with van der Waals surface area (Å²) in [6.45, 7) is 5.13. The molecule has 0 aromatic heterocycles. The van der Waals surface area contributed by atoms with Crippen molar-refractivity contribution >= 4 is 11.6 Å². The van der Waals surface area contributed by atoms with Gasteiger partial charge in [0.25, 0.3) is 0 Å². The van der Waals surface area contributed by atoms with Gasteiger partial charge in [-0.1, -0.05) is 54.1 Å². The highest BCUT2D eigenvalue weighted by Crippen LogP contribution is 2.22. The molecule has 18 heavy (non-hydrogen) atoms. The van der Waals surface area contributed by atoms with Crippen molar-refractivity contribution < 1.29 is 0 Å². The van der Waals surface area contributed by atoms with Gasteiger partial charge in [0.2, 0.25) is 0 Å². The summed E-state index contributed by atoms with van der Waals surface area (Å²) in [5, 5.41) is 4.33. The Morgan fingerprint density at radius 3 is 2.44 bits per heavy atom. The molecule has 0 aliphatic carbocycles. The van der Waals surface area contributed by atoms with Crippen LogP contribution in [-0.4, -0.2) is 0 Å². The molecule has 2 rings (SSSR count). The van der Waals surface area contributed by atoms with Crippen LogP contribution in [0.1, 0.15) is 29.7 Å². The van der Waals surface area contributed by atoms with Gasteiger partial charge in [-0.3, -0.25) is 0 Å². The van der Waals surface area contributed by atoms with Crippen LogP contribution in [0.5, 0.6) is 0 Å². The molecule has 0 radical (unpaired) electrons. The van der Waals surface area contributed by atoms with Gasteiger partial charge in [0, 0.05) is 17.6 Å². The quantitative estimate of drug-likeness (QED) is 0.853. The van der Waals surface area contributed by atoms with E-state index in [9.17, 15) is 0 Å². The van der Waals surface area contributed by atoms with E-state index in [1.807, 2.05) is 18.2 Å². The predicted molar refractivity (Wildman–Crippen MR) is 77.9 cm³/mol. The van der Waals surface area contributed by atoms with Crippen molar-refractivity contribution in [1.82, 2.24) is 5.32 Å². The van der Waals surface area contributed by atoms with Crippen LogP contribution in [0.15, 0.2) is 48.5 Å². The van der Waals surface area contributed by atoms with Gasteiger partial charge in [-0.2, -0.15) is 0 Å². The van der Waals surface area contributed by atoms with Crippen LogP contribution in [-0.2, 0) is 6.54 Å². The maximum Gasteiger partial charge on any atom is 0.0453 e. The first-order valence-corrected chi connectivity index (χ1v) is 6.58. The lowest BCUT2D eigenvalue weighted by Gasteiger charge is -2.16. The zero-order chi connectivity index (χ0) is 13.0. The second kappa shape index (κ2) is 6.03. The van der Waals surface area contributed by atoms with Crippen LogP contribution < -0.4 is 5.32 Å². The molecule has 1 atom stereocenters. The van der Waals surface area contributed by atoms with Gasteiger partial charge < -0.3 is 5.32 Å². The van der Waals surface area contributed by atoms with E-state index in [1.165, 1.54) is 11.1 Å². The number of halogens is 1. The van der Waals surface area contributed by atoms with Crippen molar-refractivity contribution in [3.8, 4) is 0 Å². The lowest BCUT2D eigenvalue weighted by Crippen LogP contribution is -2.18. The average Bonchev–Trinajstić information content (AvgIpc) is 2.38. The summed E-state index contributed by atoms with van der Waals surface area (Å²) in [6, 6.07) is 16.7. The fraction of sp³-hybridized carbons (Fsp3) is 0.250. The molecule has 0 fully saturated rings. The lowest BCUT2D eigenvalue weighted by atomic mass is 10.1. The van der Waals surface area contributed by atoms with Gasteiger partial charge in [-0.15, -0.1) is 0 Å². The molecule has 0 aliphatic rings. The minimum atomic E-state index is 0.248. The van der Waals surface area contributed by atoms with Crippen LogP contribution in [0.2, 0.25) is 5.02 Å². The van der Waals surface area contributed by atoms with Gasteiger partial charge >= 0.3 is 0 Å². The number of hydrogen-bond acceptors (Lipinski definition) is 1. The number of aryl methyl sites for hydroxylation is 1. The Kier molecular flexibility index (Phi) is 4.40. The van der Waals surface area contributed by atoms with Crippen LogP contribution in [0.4, 0.5) is 0 Å². The van der Waals surface area contributed by atoms with Crippen LogP contribution >= 0.6 is 11.6 Å². The molecule has 2 aromatic carbocycles. The normalized spacial score (nSPS) is 12.4. The highest BCUT2D eigenvalue weighted by Gasteiger charge is 2.08. The molecule has 2 aromatic rings.